The van der Waals surface area contributed by atoms with Crippen LogP contribution < -0.4 is 11.1 Å². The number of nitrogens with zero attached hydrogens (tertiary/aromatic N) is 2. The first-order valence-electron chi connectivity index (χ1n) is 6.13. The highest BCUT2D eigenvalue weighted by Gasteiger charge is 2.08. The second-order valence-corrected chi connectivity index (χ2v) is 6.09. The molecule has 108 valence electrons. The Bertz CT molecular complexity index is 590. The molecular weight excluding hydrogens is 315 g/mol. The van der Waals surface area contributed by atoms with Crippen LogP contribution in [-0.4, -0.2) is 17.1 Å². The number of halogens is 2. The zero-order valence-corrected chi connectivity index (χ0v) is 13.4. The van der Waals surface area contributed by atoms with E-state index in [1.807, 2.05) is 13.1 Å². The van der Waals surface area contributed by atoms with Crippen molar-refractivity contribution in [1.29, 1.82) is 0 Å². The Morgan fingerprint density at radius 2 is 2.30 bits per heavy atom. The predicted molar refractivity (Wildman–Crippen MR) is 86.8 cm³/mol. The van der Waals surface area contributed by atoms with Gasteiger partial charge in [-0.3, -0.25) is 0 Å². The largest absolute Gasteiger partial charge is 0.370 e. The number of nitrogens with two attached hydrogens (primary N) is 1. The molecule has 0 aromatic carbocycles. The SMILES string of the molecule is Cn1c(CN=C(N)NCCc2cccs2)cc(Cl)c1Cl. The molecule has 0 aliphatic heterocycles. The topological polar surface area (TPSA) is 55.3 Å². The van der Waals surface area contributed by atoms with Crippen molar-refractivity contribution in [2.75, 3.05) is 6.54 Å². The zero-order chi connectivity index (χ0) is 14.5. The molecular formula is C13H16Cl2N4S. The number of nitrogens with one attached hydrogen (secondary N) is 1. The third-order valence-corrected chi connectivity index (χ3v) is 4.66. The van der Waals surface area contributed by atoms with Gasteiger partial charge in [-0.15, -0.1) is 11.3 Å². The molecule has 2 heterocycles. The van der Waals surface area contributed by atoms with Crippen molar-refractivity contribution < 1.29 is 0 Å². The van der Waals surface area contributed by atoms with E-state index in [4.69, 9.17) is 28.9 Å². The highest BCUT2D eigenvalue weighted by atomic mass is 35.5. The first-order chi connectivity index (χ1) is 9.58. The molecule has 0 atom stereocenters. The lowest BCUT2D eigenvalue weighted by molar-refractivity contribution is 0.810. The molecule has 0 radical (unpaired) electrons. The summed E-state index contributed by atoms with van der Waals surface area (Å²) in [5.74, 6) is 0.426. The molecule has 4 nitrogen and oxygen atoms in total. The molecule has 0 spiro atoms. The molecule has 0 fully saturated rings. The summed E-state index contributed by atoms with van der Waals surface area (Å²) in [6.45, 7) is 1.21. The molecule has 20 heavy (non-hydrogen) atoms. The number of aliphatic imine (C=N–C) groups is 1. The van der Waals surface area contributed by atoms with E-state index in [0.29, 0.717) is 22.7 Å². The Balaban J connectivity index is 1.82. The predicted octanol–water partition coefficient (Wildman–Crippen LogP) is 3.04. The highest BCUT2D eigenvalue weighted by Crippen LogP contribution is 2.25. The van der Waals surface area contributed by atoms with E-state index < -0.39 is 0 Å². The summed E-state index contributed by atoms with van der Waals surface area (Å²) >= 11 is 13.7. The van der Waals surface area contributed by atoms with Crippen LogP contribution in [0.1, 0.15) is 10.6 Å². The Morgan fingerprint density at radius 3 is 2.90 bits per heavy atom. The molecule has 0 bridgehead atoms. The number of thiophene rings is 1. The quantitative estimate of drug-likeness (QED) is 0.654. The lowest BCUT2D eigenvalue weighted by Crippen LogP contribution is -2.33. The van der Waals surface area contributed by atoms with Gasteiger partial charge < -0.3 is 15.6 Å². The van der Waals surface area contributed by atoms with Crippen LogP contribution in [0.25, 0.3) is 0 Å². The fourth-order valence-electron chi connectivity index (χ4n) is 1.73. The van der Waals surface area contributed by atoms with Gasteiger partial charge in [-0.25, -0.2) is 4.99 Å². The van der Waals surface area contributed by atoms with Gasteiger partial charge in [-0.1, -0.05) is 29.3 Å². The highest BCUT2D eigenvalue weighted by molar-refractivity contribution is 7.09. The first kappa shape index (κ1) is 15.2. The standard InChI is InChI=1S/C13H16Cl2N4S/c1-19-9(7-11(14)12(19)15)8-18-13(16)17-5-4-10-3-2-6-20-10/h2-3,6-7H,4-5,8H2,1H3,(H3,16,17,18). The van der Waals surface area contributed by atoms with E-state index in [-0.39, 0.29) is 0 Å². The molecule has 0 saturated heterocycles. The minimum absolute atomic E-state index is 0.426. The monoisotopic (exact) mass is 330 g/mol. The molecule has 0 aliphatic rings. The van der Waals surface area contributed by atoms with Crippen molar-refractivity contribution >= 4 is 40.5 Å². The molecule has 2 aromatic rings. The smallest absolute Gasteiger partial charge is 0.188 e. The second-order valence-electron chi connectivity index (χ2n) is 4.29. The average Bonchev–Trinajstić information content (AvgIpc) is 3.01. The van der Waals surface area contributed by atoms with Gasteiger partial charge in [0.25, 0.3) is 0 Å². The minimum atomic E-state index is 0.426. The molecule has 2 rings (SSSR count). The molecule has 0 unspecified atom stereocenters. The Labute approximate surface area is 132 Å². The molecule has 3 N–H and O–H groups in total. The maximum atomic E-state index is 5.99. The van der Waals surface area contributed by atoms with Crippen molar-refractivity contribution in [2.24, 2.45) is 17.8 Å². The van der Waals surface area contributed by atoms with Crippen LogP contribution in [0.3, 0.4) is 0 Å². The van der Waals surface area contributed by atoms with E-state index in [1.54, 1.807) is 22.0 Å². The van der Waals surface area contributed by atoms with Crippen molar-refractivity contribution in [2.45, 2.75) is 13.0 Å². The fraction of sp³-hybridized carbons (Fsp3) is 0.308. The van der Waals surface area contributed by atoms with Gasteiger partial charge in [0.15, 0.2) is 5.96 Å². The van der Waals surface area contributed by atoms with Crippen LogP contribution in [0.4, 0.5) is 0 Å². The Hall–Kier alpha value is -1.17. The lowest BCUT2D eigenvalue weighted by atomic mass is 10.3. The number of rotatable bonds is 5. The van der Waals surface area contributed by atoms with Crippen molar-refractivity contribution in [3.05, 3.63) is 44.3 Å². The van der Waals surface area contributed by atoms with Crippen LogP contribution in [0, 0.1) is 0 Å². The van der Waals surface area contributed by atoms with Crippen LogP contribution in [0.2, 0.25) is 10.2 Å². The van der Waals surface area contributed by atoms with Crippen molar-refractivity contribution in [3.63, 3.8) is 0 Å². The Morgan fingerprint density at radius 1 is 1.50 bits per heavy atom. The number of guanidine groups is 1. The maximum absolute atomic E-state index is 5.99. The molecule has 0 aliphatic carbocycles. The van der Waals surface area contributed by atoms with Gasteiger partial charge in [-0.2, -0.15) is 0 Å². The molecule has 0 saturated carbocycles. The van der Waals surface area contributed by atoms with Gasteiger partial charge in [0, 0.05) is 24.2 Å². The van der Waals surface area contributed by atoms with Gasteiger partial charge in [0.1, 0.15) is 5.15 Å². The van der Waals surface area contributed by atoms with E-state index in [9.17, 15) is 0 Å². The third kappa shape index (κ3) is 3.91. The average molecular weight is 331 g/mol. The van der Waals surface area contributed by atoms with Gasteiger partial charge in [0.05, 0.1) is 11.6 Å². The third-order valence-electron chi connectivity index (χ3n) is 2.88. The molecule has 2 aromatic heterocycles. The van der Waals surface area contributed by atoms with Crippen LogP contribution >= 0.6 is 34.5 Å². The van der Waals surface area contributed by atoms with Crippen molar-refractivity contribution in [3.8, 4) is 0 Å². The summed E-state index contributed by atoms with van der Waals surface area (Å²) in [6, 6.07) is 5.94. The number of aromatic nitrogens is 1. The normalized spacial score (nSPS) is 11.8. The number of hydrogen-bond acceptors (Lipinski definition) is 2. The second kappa shape index (κ2) is 7.02. The summed E-state index contributed by atoms with van der Waals surface area (Å²) < 4.78 is 1.80. The van der Waals surface area contributed by atoms with E-state index in [2.05, 4.69) is 21.8 Å². The lowest BCUT2D eigenvalue weighted by Gasteiger charge is -2.05. The van der Waals surface area contributed by atoms with Gasteiger partial charge in [-0.05, 0) is 23.9 Å². The van der Waals surface area contributed by atoms with Gasteiger partial charge >= 0.3 is 0 Å². The zero-order valence-electron chi connectivity index (χ0n) is 11.1. The minimum Gasteiger partial charge on any atom is -0.370 e. The summed E-state index contributed by atoms with van der Waals surface area (Å²) in [5, 5.41) is 6.20. The molecule has 0 amide bonds. The Kier molecular flexibility index (Phi) is 5.34. The first-order valence-corrected chi connectivity index (χ1v) is 7.77. The molecule has 7 heteroatoms. The van der Waals surface area contributed by atoms with Gasteiger partial charge in [0.2, 0.25) is 0 Å². The van der Waals surface area contributed by atoms with E-state index >= 15 is 0 Å². The number of hydrogen-bond donors (Lipinski definition) is 2. The summed E-state index contributed by atoms with van der Waals surface area (Å²) in [5.41, 5.74) is 6.74. The summed E-state index contributed by atoms with van der Waals surface area (Å²) in [6.07, 6.45) is 0.940. The van der Waals surface area contributed by atoms with Crippen LogP contribution in [0.15, 0.2) is 28.6 Å². The maximum Gasteiger partial charge on any atom is 0.188 e. The van der Waals surface area contributed by atoms with Crippen molar-refractivity contribution in [1.82, 2.24) is 9.88 Å². The van der Waals surface area contributed by atoms with E-state index in [0.717, 1.165) is 18.7 Å². The summed E-state index contributed by atoms with van der Waals surface area (Å²) in [4.78, 5) is 5.60. The van der Waals surface area contributed by atoms with E-state index in [1.165, 1.54) is 4.88 Å². The fourth-order valence-corrected chi connectivity index (χ4v) is 2.86. The van der Waals surface area contributed by atoms with Crippen LogP contribution in [-0.2, 0) is 20.0 Å². The van der Waals surface area contributed by atoms with Crippen LogP contribution in [0.5, 0.6) is 0 Å². The summed E-state index contributed by atoms with van der Waals surface area (Å²) in [7, 11) is 1.85.